The molecule has 0 bridgehead atoms. The van der Waals surface area contributed by atoms with Gasteiger partial charge in [-0.05, 0) is 48.6 Å². The number of hydrogen-bond donors (Lipinski definition) is 2. The molecule has 38 heavy (non-hydrogen) atoms. The van der Waals surface area contributed by atoms with Crippen LogP contribution in [0.4, 0.5) is 11.5 Å². The fourth-order valence-corrected chi connectivity index (χ4v) is 7.32. The number of anilines is 2. The molecular formula is C27H35N5O5S. The fraction of sp³-hybridized carbons (Fsp3) is 0.519. The Morgan fingerprint density at radius 1 is 1.16 bits per heavy atom. The summed E-state index contributed by atoms with van der Waals surface area (Å²) in [7, 11) is -3.56. The summed E-state index contributed by atoms with van der Waals surface area (Å²) >= 11 is 0. The predicted molar refractivity (Wildman–Crippen MR) is 145 cm³/mol. The van der Waals surface area contributed by atoms with E-state index in [9.17, 15) is 23.1 Å². The molecule has 1 unspecified atom stereocenters. The molecule has 3 aliphatic heterocycles. The van der Waals surface area contributed by atoms with Crippen molar-refractivity contribution in [3.8, 4) is 0 Å². The van der Waals surface area contributed by atoms with Crippen LogP contribution in [0.5, 0.6) is 0 Å². The van der Waals surface area contributed by atoms with Crippen molar-refractivity contribution in [2.75, 3.05) is 60.8 Å². The van der Waals surface area contributed by atoms with Gasteiger partial charge >= 0.3 is 0 Å². The largest absolute Gasteiger partial charge is 0.396 e. The Labute approximate surface area is 223 Å². The molecule has 10 nitrogen and oxygen atoms in total. The number of aromatic nitrogens is 1. The maximum Gasteiger partial charge on any atom is 0.256 e. The van der Waals surface area contributed by atoms with E-state index in [1.807, 2.05) is 6.20 Å². The van der Waals surface area contributed by atoms with Crippen LogP contribution in [0.25, 0.3) is 0 Å². The van der Waals surface area contributed by atoms with E-state index >= 15 is 0 Å². The molecule has 3 aliphatic rings. The van der Waals surface area contributed by atoms with E-state index in [-0.39, 0.29) is 30.1 Å². The van der Waals surface area contributed by atoms with E-state index in [1.165, 1.54) is 9.87 Å². The summed E-state index contributed by atoms with van der Waals surface area (Å²) in [5.41, 5.74) is 3.53. The first-order valence-corrected chi connectivity index (χ1v) is 14.9. The van der Waals surface area contributed by atoms with Gasteiger partial charge in [-0.15, -0.1) is 0 Å². The summed E-state index contributed by atoms with van der Waals surface area (Å²) in [5.74, 6) is -0.374. The number of carbonyl (C=O) groups excluding carboxylic acids is 2. The number of nitrogens with zero attached hydrogens (tertiary/aromatic N) is 4. The average Bonchev–Trinajstić information content (AvgIpc) is 3.48. The molecule has 3 fully saturated rings. The lowest BCUT2D eigenvalue weighted by atomic mass is 9.88. The van der Waals surface area contributed by atoms with Crippen LogP contribution in [0, 0.1) is 12.8 Å². The standard InChI is InChI=1S/C27H35N5O5S/c1-3-19-13-18(2)25(28-15-19)30-8-10-31(11-9-30)27(35)22-6-5-20(24-21(17-33)16-29-26(24)34)14-23(22)32-7-4-12-38(32,36)37/h5-6,13-15,21,24,33H,3-4,7-12,16-17H2,1-2H3,(H,29,34)/t21?,24-/m0/s1. The van der Waals surface area contributed by atoms with Crippen LogP contribution in [0.1, 0.15) is 46.3 Å². The number of pyridine rings is 1. The zero-order valence-electron chi connectivity index (χ0n) is 21.9. The zero-order chi connectivity index (χ0) is 27.0. The minimum atomic E-state index is -3.56. The monoisotopic (exact) mass is 541 g/mol. The highest BCUT2D eigenvalue weighted by atomic mass is 32.2. The number of aliphatic hydroxyl groups excluding tert-OH is 1. The minimum absolute atomic E-state index is 0.0237. The lowest BCUT2D eigenvalue weighted by Crippen LogP contribution is -2.49. The molecule has 2 N–H and O–H groups in total. The number of aryl methyl sites for hydroxylation is 2. The number of benzene rings is 1. The summed E-state index contributed by atoms with van der Waals surface area (Å²) in [6.07, 6.45) is 3.30. The van der Waals surface area contributed by atoms with Crippen molar-refractivity contribution in [3.05, 3.63) is 52.7 Å². The smallest absolute Gasteiger partial charge is 0.256 e. The van der Waals surface area contributed by atoms with Crippen molar-refractivity contribution in [2.45, 2.75) is 32.6 Å². The van der Waals surface area contributed by atoms with Crippen LogP contribution in [0.3, 0.4) is 0 Å². The van der Waals surface area contributed by atoms with E-state index in [1.54, 1.807) is 23.1 Å². The number of amides is 2. The second kappa shape index (κ2) is 10.5. The maximum atomic E-state index is 13.8. The van der Waals surface area contributed by atoms with E-state index in [0.717, 1.165) is 17.8 Å². The van der Waals surface area contributed by atoms with E-state index in [4.69, 9.17) is 0 Å². The third-order valence-corrected chi connectivity index (χ3v) is 9.74. The highest BCUT2D eigenvalue weighted by Crippen LogP contribution is 2.36. The van der Waals surface area contributed by atoms with Gasteiger partial charge in [0.2, 0.25) is 15.9 Å². The van der Waals surface area contributed by atoms with E-state index in [0.29, 0.717) is 62.5 Å². The Kier molecular flexibility index (Phi) is 7.32. The van der Waals surface area contributed by atoms with Crippen LogP contribution < -0.4 is 14.5 Å². The topological polar surface area (TPSA) is 123 Å². The van der Waals surface area contributed by atoms with Crippen molar-refractivity contribution in [1.29, 1.82) is 0 Å². The molecule has 2 atom stereocenters. The second-order valence-corrected chi connectivity index (χ2v) is 12.3. The molecule has 11 heteroatoms. The molecule has 2 aromatic rings. The maximum absolute atomic E-state index is 13.8. The summed E-state index contributed by atoms with van der Waals surface area (Å²) < 4.78 is 27.1. The summed E-state index contributed by atoms with van der Waals surface area (Å²) in [6.45, 7) is 6.86. The Bertz CT molecular complexity index is 1340. The molecule has 0 spiro atoms. The number of nitrogens with one attached hydrogen (secondary N) is 1. The average molecular weight is 542 g/mol. The van der Waals surface area contributed by atoms with Crippen LogP contribution in [0.15, 0.2) is 30.5 Å². The molecule has 5 rings (SSSR count). The fourth-order valence-electron chi connectivity index (χ4n) is 5.75. The van der Waals surface area contributed by atoms with Gasteiger partial charge in [0.15, 0.2) is 0 Å². The van der Waals surface area contributed by atoms with Crippen molar-refractivity contribution in [2.24, 2.45) is 5.92 Å². The van der Waals surface area contributed by atoms with Gasteiger partial charge in [-0.2, -0.15) is 0 Å². The van der Waals surface area contributed by atoms with Gasteiger partial charge in [0, 0.05) is 58.0 Å². The Morgan fingerprint density at radius 2 is 1.92 bits per heavy atom. The van der Waals surface area contributed by atoms with Gasteiger partial charge in [0.25, 0.3) is 5.91 Å². The molecule has 1 aromatic carbocycles. The van der Waals surface area contributed by atoms with Crippen LogP contribution in [-0.4, -0.2) is 86.9 Å². The van der Waals surface area contributed by atoms with Crippen LogP contribution >= 0.6 is 0 Å². The zero-order valence-corrected chi connectivity index (χ0v) is 22.7. The third kappa shape index (κ3) is 4.84. The number of rotatable bonds is 6. The van der Waals surface area contributed by atoms with Gasteiger partial charge in [0.1, 0.15) is 5.82 Å². The molecule has 3 saturated heterocycles. The molecule has 4 heterocycles. The SMILES string of the molecule is CCc1cnc(N2CCN(C(=O)c3ccc([C@@H]4C(=O)NCC4CO)cc3N3CCCS3(=O)=O)CC2)c(C)c1. The Balaban J connectivity index is 1.41. The summed E-state index contributed by atoms with van der Waals surface area (Å²) in [4.78, 5) is 34.9. The number of aliphatic hydroxyl groups is 1. The van der Waals surface area contributed by atoms with Gasteiger partial charge in [-0.25, -0.2) is 13.4 Å². The predicted octanol–water partition coefficient (Wildman–Crippen LogP) is 1.28. The lowest BCUT2D eigenvalue weighted by molar-refractivity contribution is -0.120. The van der Waals surface area contributed by atoms with Gasteiger partial charge < -0.3 is 20.2 Å². The molecule has 1 aromatic heterocycles. The molecule has 0 aliphatic carbocycles. The quantitative estimate of drug-likeness (QED) is 0.565. The Hall–Kier alpha value is -3.18. The minimum Gasteiger partial charge on any atom is -0.396 e. The van der Waals surface area contributed by atoms with Gasteiger partial charge in [-0.1, -0.05) is 19.1 Å². The van der Waals surface area contributed by atoms with Gasteiger partial charge in [0.05, 0.1) is 22.9 Å². The first-order chi connectivity index (χ1) is 18.2. The molecular weight excluding hydrogens is 506 g/mol. The first kappa shape index (κ1) is 26.4. The highest BCUT2D eigenvalue weighted by Gasteiger charge is 2.38. The number of carbonyl (C=O) groups is 2. The number of hydrogen-bond acceptors (Lipinski definition) is 7. The van der Waals surface area contributed by atoms with Crippen molar-refractivity contribution < 1.29 is 23.1 Å². The number of sulfonamides is 1. The number of piperazine rings is 1. The highest BCUT2D eigenvalue weighted by molar-refractivity contribution is 7.93. The normalized spacial score (nSPS) is 23.1. The first-order valence-electron chi connectivity index (χ1n) is 13.3. The molecule has 2 amide bonds. The van der Waals surface area contributed by atoms with Crippen LogP contribution in [0.2, 0.25) is 0 Å². The lowest BCUT2D eigenvalue weighted by Gasteiger charge is -2.36. The van der Waals surface area contributed by atoms with Crippen molar-refractivity contribution in [3.63, 3.8) is 0 Å². The van der Waals surface area contributed by atoms with E-state index < -0.39 is 15.9 Å². The summed E-state index contributed by atoms with van der Waals surface area (Å²) in [5, 5.41) is 12.5. The molecule has 0 radical (unpaired) electrons. The summed E-state index contributed by atoms with van der Waals surface area (Å²) in [6, 6.07) is 7.17. The third-order valence-electron chi connectivity index (χ3n) is 7.89. The van der Waals surface area contributed by atoms with Crippen molar-refractivity contribution in [1.82, 2.24) is 15.2 Å². The van der Waals surface area contributed by atoms with Crippen LogP contribution in [-0.2, 0) is 21.2 Å². The van der Waals surface area contributed by atoms with Crippen molar-refractivity contribution >= 4 is 33.3 Å². The van der Waals surface area contributed by atoms with Gasteiger partial charge in [-0.3, -0.25) is 13.9 Å². The second-order valence-electron chi connectivity index (χ2n) is 10.3. The van der Waals surface area contributed by atoms with E-state index in [2.05, 4.69) is 35.1 Å². The molecule has 204 valence electrons. The molecule has 0 saturated carbocycles. The Morgan fingerprint density at radius 3 is 2.55 bits per heavy atom.